The van der Waals surface area contributed by atoms with Crippen LogP contribution in [0.5, 0.6) is 0 Å². The van der Waals surface area contributed by atoms with Gasteiger partial charge in [0.05, 0.1) is 59.4 Å². The van der Waals surface area contributed by atoms with Crippen LogP contribution in [0.15, 0.2) is 90.4 Å². The van der Waals surface area contributed by atoms with Crippen molar-refractivity contribution in [3.63, 3.8) is 0 Å². The number of rotatable bonds is 8. The second kappa shape index (κ2) is 26.2. The molecule has 2 aliphatic rings. The molecule has 0 spiro atoms. The monoisotopic (exact) mass is 864 g/mol. The summed E-state index contributed by atoms with van der Waals surface area (Å²) < 4.78 is 6.40. The van der Waals surface area contributed by atoms with E-state index in [0.29, 0.717) is 6.47 Å². The first kappa shape index (κ1) is 47.6. The number of aromatic amines is 2. The Morgan fingerprint density at radius 3 is 1.98 bits per heavy atom. The topological polar surface area (TPSA) is 165 Å². The molecule has 0 bridgehead atoms. The first-order chi connectivity index (χ1) is 29.7. The lowest BCUT2D eigenvalue weighted by Gasteiger charge is -2.23. The van der Waals surface area contributed by atoms with Gasteiger partial charge in [0.1, 0.15) is 11.7 Å². The van der Waals surface area contributed by atoms with E-state index in [0.717, 1.165) is 79.9 Å². The molecule has 0 saturated carbocycles. The molecular weight excluding hydrogens is 809 g/mol. The molecule has 0 aliphatic carbocycles. The SMILES string of the molecule is C(#Cc1csc2c(-c3ccc(-c4cnc[nH]4)cc3)csc12)c1cnc[nH]1.CC(=O)NCC(=O)N1CCCC1.CCC.CN[C@@H](C(=O)N1CCCC1)c1ccccc1.COC=O. The van der Waals surface area contributed by atoms with E-state index < -0.39 is 0 Å². The highest BCUT2D eigenvalue weighted by Crippen LogP contribution is 2.40. The summed E-state index contributed by atoms with van der Waals surface area (Å²) >= 11 is 3.49. The number of fused-ring (bicyclic) bond motifs is 1. The number of carbonyl (C=O) groups excluding carboxylic acids is 4. The summed E-state index contributed by atoms with van der Waals surface area (Å²) in [6, 6.07) is 18.3. The van der Waals surface area contributed by atoms with Crippen LogP contribution >= 0.6 is 22.7 Å². The van der Waals surface area contributed by atoms with Crippen LogP contribution < -0.4 is 10.6 Å². The first-order valence-corrected chi connectivity index (χ1v) is 22.1. The minimum Gasteiger partial charge on any atom is -0.471 e. The molecule has 8 rings (SSSR count). The molecule has 322 valence electrons. The third-order valence-corrected chi connectivity index (χ3v) is 11.4. The van der Waals surface area contributed by atoms with Crippen LogP contribution in [0.1, 0.15) is 75.7 Å². The normalized spacial score (nSPS) is 13.0. The molecule has 2 fully saturated rings. The largest absolute Gasteiger partial charge is 0.471 e. The number of aromatic nitrogens is 4. The number of likely N-dealkylation sites (N-methyl/N-ethyl adjacent to an activating group) is 1. The first-order valence-electron chi connectivity index (χ1n) is 20.3. The molecule has 3 amide bonds. The number of amides is 3. The summed E-state index contributed by atoms with van der Waals surface area (Å²) in [5, 5.41) is 9.94. The number of hydrogen-bond acceptors (Lipinski definition) is 10. The lowest BCUT2D eigenvalue weighted by Crippen LogP contribution is -2.38. The summed E-state index contributed by atoms with van der Waals surface area (Å²) in [5.74, 6) is 6.46. The van der Waals surface area contributed by atoms with Gasteiger partial charge in [-0.3, -0.25) is 19.2 Å². The van der Waals surface area contributed by atoms with Crippen molar-refractivity contribution in [3.8, 4) is 34.2 Å². The number of H-pyrrole nitrogens is 2. The molecule has 61 heavy (non-hydrogen) atoms. The van der Waals surface area contributed by atoms with Crippen molar-refractivity contribution in [2.24, 2.45) is 0 Å². The Labute approximate surface area is 366 Å². The molecule has 0 unspecified atom stereocenters. The van der Waals surface area contributed by atoms with Gasteiger partial charge in [0, 0.05) is 49.4 Å². The number of thiophene rings is 2. The molecule has 1 atom stereocenters. The molecule has 2 saturated heterocycles. The molecule has 6 aromatic rings. The van der Waals surface area contributed by atoms with Gasteiger partial charge in [0.15, 0.2) is 0 Å². The number of methoxy groups -OCH3 is 1. The maximum atomic E-state index is 12.2. The van der Waals surface area contributed by atoms with Gasteiger partial charge in [-0.05, 0) is 55.3 Å². The quantitative estimate of drug-likeness (QED) is 0.0895. The fourth-order valence-corrected chi connectivity index (χ4v) is 8.60. The zero-order valence-corrected chi connectivity index (χ0v) is 37.2. The fraction of sp³-hybridized carbons (Fsp3) is 0.348. The van der Waals surface area contributed by atoms with Crippen molar-refractivity contribution < 1.29 is 23.9 Å². The third-order valence-electron chi connectivity index (χ3n) is 9.25. The Morgan fingerprint density at radius 2 is 1.43 bits per heavy atom. The lowest BCUT2D eigenvalue weighted by molar-refractivity contribution is -0.132. The van der Waals surface area contributed by atoms with Crippen molar-refractivity contribution in [1.82, 2.24) is 40.4 Å². The van der Waals surface area contributed by atoms with Gasteiger partial charge >= 0.3 is 0 Å². The van der Waals surface area contributed by atoms with E-state index in [9.17, 15) is 14.4 Å². The van der Waals surface area contributed by atoms with E-state index >= 15 is 0 Å². The smallest absolute Gasteiger partial charge is 0.292 e. The maximum Gasteiger partial charge on any atom is 0.292 e. The van der Waals surface area contributed by atoms with Crippen LogP contribution in [-0.2, 0) is 23.9 Å². The number of hydrogen-bond donors (Lipinski definition) is 4. The second-order valence-electron chi connectivity index (χ2n) is 13.9. The predicted octanol–water partition coefficient (Wildman–Crippen LogP) is 7.66. The lowest BCUT2D eigenvalue weighted by atomic mass is 10.1. The van der Waals surface area contributed by atoms with E-state index in [1.807, 2.05) is 48.5 Å². The van der Waals surface area contributed by atoms with E-state index in [1.165, 1.54) is 41.0 Å². The highest BCUT2D eigenvalue weighted by Gasteiger charge is 2.26. The van der Waals surface area contributed by atoms with Crippen molar-refractivity contribution in [3.05, 3.63) is 107 Å². The van der Waals surface area contributed by atoms with E-state index in [4.69, 9.17) is 4.79 Å². The predicted molar refractivity (Wildman–Crippen MR) is 245 cm³/mol. The van der Waals surface area contributed by atoms with Gasteiger partial charge in [-0.15, -0.1) is 22.7 Å². The van der Waals surface area contributed by atoms with Gasteiger partial charge in [-0.25, -0.2) is 9.97 Å². The molecule has 4 aromatic heterocycles. The van der Waals surface area contributed by atoms with Crippen molar-refractivity contribution >= 4 is 56.3 Å². The number of nitrogens with one attached hydrogen (secondary N) is 4. The number of carbonyl (C=O) groups is 4. The van der Waals surface area contributed by atoms with Gasteiger partial charge in [-0.1, -0.05) is 80.8 Å². The average Bonchev–Trinajstić information content (AvgIpc) is 4.14. The second-order valence-corrected chi connectivity index (χ2v) is 15.7. The molecule has 0 radical (unpaired) electrons. The van der Waals surface area contributed by atoms with E-state index in [1.54, 1.807) is 46.4 Å². The van der Waals surface area contributed by atoms with Gasteiger partial charge < -0.3 is 35.1 Å². The third kappa shape index (κ3) is 14.9. The minimum atomic E-state index is -0.195. The zero-order chi connectivity index (χ0) is 43.8. The van der Waals surface area contributed by atoms with Crippen molar-refractivity contribution in [2.45, 2.75) is 58.9 Å². The fourth-order valence-electron chi connectivity index (χ4n) is 6.29. The maximum absolute atomic E-state index is 12.2. The van der Waals surface area contributed by atoms with Crippen LogP contribution in [0.2, 0.25) is 0 Å². The molecule has 2 aromatic carbocycles. The summed E-state index contributed by atoms with van der Waals surface area (Å²) in [7, 11) is 3.15. The summed E-state index contributed by atoms with van der Waals surface area (Å²) in [6.45, 7) is 9.69. The van der Waals surface area contributed by atoms with Crippen LogP contribution in [0.25, 0.3) is 31.8 Å². The molecule has 6 heterocycles. The van der Waals surface area contributed by atoms with Crippen LogP contribution in [0.4, 0.5) is 0 Å². The Hall–Kier alpha value is -6.08. The summed E-state index contributed by atoms with van der Waals surface area (Å²) in [6.07, 6.45) is 12.6. The Bertz CT molecular complexity index is 2250. The van der Waals surface area contributed by atoms with Crippen LogP contribution in [0, 0.1) is 11.8 Å². The Balaban J connectivity index is 0.000000201. The molecule has 13 nitrogen and oxygen atoms in total. The molecular formula is C46H56N8O5S2. The van der Waals surface area contributed by atoms with E-state index in [-0.39, 0.29) is 30.3 Å². The van der Waals surface area contributed by atoms with Crippen LogP contribution in [-0.4, -0.2) is 101 Å². The number of imidazole rings is 2. The van der Waals surface area contributed by atoms with Crippen molar-refractivity contribution in [2.75, 3.05) is 46.9 Å². The molecule has 4 N–H and O–H groups in total. The standard InChI is InChI=1S/C20H12N4S2.C13H18N2O.C8H14N2O2.C3H8.C2H4O2/c1-3-14(18-8-22-12-24-18)4-2-13(1)17-10-26-19-15(9-25-20(17)19)5-6-16-7-21-11-23-16;1-14-12(11-7-3-2-4-8-11)13(16)15-9-5-6-10-15;1-7(11)9-6-8(12)10-4-2-3-5-10;1-3-2;1-4-2-3/h1-4,7-12H,(H,21,23)(H,22,24);2-4,7-8,12,14H,5-6,9-10H2,1H3;2-6H2,1H3,(H,9,11);3H2,1-2H3;2H,1H3/t;12-;;;/m.1.../s1. The number of ether oxygens (including phenoxy) is 1. The van der Waals surface area contributed by atoms with Crippen molar-refractivity contribution in [1.29, 1.82) is 0 Å². The highest BCUT2D eigenvalue weighted by atomic mass is 32.1. The number of nitrogens with zero attached hydrogens (tertiary/aromatic N) is 4. The average molecular weight is 865 g/mol. The van der Waals surface area contributed by atoms with Gasteiger partial charge in [0.25, 0.3) is 6.47 Å². The number of benzene rings is 2. The van der Waals surface area contributed by atoms with Gasteiger partial charge in [-0.2, -0.15) is 0 Å². The zero-order valence-electron chi connectivity index (χ0n) is 35.5. The van der Waals surface area contributed by atoms with Gasteiger partial charge in [0.2, 0.25) is 17.7 Å². The summed E-state index contributed by atoms with van der Waals surface area (Å²) in [4.78, 5) is 60.9. The molecule has 15 heteroatoms. The highest BCUT2D eigenvalue weighted by molar-refractivity contribution is 7.27. The number of likely N-dealkylation sites (tertiary alicyclic amines) is 2. The molecule has 2 aliphatic heterocycles. The summed E-state index contributed by atoms with van der Waals surface area (Å²) in [5.41, 5.74) is 7.59. The van der Waals surface area contributed by atoms with Crippen LogP contribution in [0.3, 0.4) is 0 Å². The van der Waals surface area contributed by atoms with E-state index in [2.05, 4.69) is 96.0 Å². The Morgan fingerprint density at radius 1 is 0.836 bits per heavy atom. The minimum absolute atomic E-state index is 0.0303. The Kier molecular flexibility index (Phi) is 20.4.